The molecule has 0 aliphatic heterocycles. The second-order valence-corrected chi connectivity index (χ2v) is 5.29. The topological polar surface area (TPSA) is 67.4 Å². The Morgan fingerprint density at radius 2 is 1.86 bits per heavy atom. The van der Waals surface area contributed by atoms with Crippen LogP contribution in [0.15, 0.2) is 30.5 Å². The van der Waals surface area contributed by atoms with Gasteiger partial charge < -0.3 is 15.5 Å². The summed E-state index contributed by atoms with van der Waals surface area (Å²) in [6.07, 6.45) is 1.49. The highest BCUT2D eigenvalue weighted by Gasteiger charge is 2.19. The van der Waals surface area contributed by atoms with Gasteiger partial charge in [-0.25, -0.2) is 0 Å². The summed E-state index contributed by atoms with van der Waals surface area (Å²) in [6, 6.07) is 8.11. The molecule has 0 unspecified atom stereocenters. The average molecular weight is 287 g/mol. The monoisotopic (exact) mass is 287 g/mol. The van der Waals surface area contributed by atoms with E-state index in [9.17, 15) is 4.79 Å². The molecule has 0 spiro atoms. The lowest BCUT2D eigenvalue weighted by molar-refractivity contribution is 0.0775. The quantitative estimate of drug-likeness (QED) is 0.921. The Morgan fingerprint density at radius 3 is 2.33 bits per heavy atom. The third-order valence-corrected chi connectivity index (χ3v) is 3.39. The van der Waals surface area contributed by atoms with Crippen LogP contribution < -0.4 is 10.6 Å². The zero-order valence-corrected chi connectivity index (χ0v) is 12.9. The number of carbonyl (C=O) groups excluding carboxylic acids is 1. The number of aromatic nitrogens is 2. The maximum Gasteiger partial charge on any atom is 0.274 e. The number of nitrogens with two attached hydrogens (primary N) is 1. The molecule has 1 heterocycles. The number of rotatable bonds is 4. The summed E-state index contributed by atoms with van der Waals surface area (Å²) in [4.78, 5) is 16.1. The van der Waals surface area contributed by atoms with Crippen LogP contribution in [0.1, 0.15) is 16.1 Å². The summed E-state index contributed by atoms with van der Waals surface area (Å²) in [5.41, 5.74) is 8.80. The predicted octanol–water partition coefficient (Wildman–Crippen LogP) is 1.34. The van der Waals surface area contributed by atoms with Crippen LogP contribution in [0, 0.1) is 0 Å². The molecule has 0 aliphatic carbocycles. The van der Waals surface area contributed by atoms with Crippen LogP contribution in [0.25, 0.3) is 0 Å². The molecule has 21 heavy (non-hydrogen) atoms. The third kappa shape index (κ3) is 3.16. The Morgan fingerprint density at radius 1 is 1.24 bits per heavy atom. The molecule has 1 amide bonds. The summed E-state index contributed by atoms with van der Waals surface area (Å²) < 4.78 is 1.50. The number of carbonyl (C=O) groups is 1. The molecule has 0 radical (unpaired) electrons. The minimum Gasteiger partial charge on any atom is -0.396 e. The number of amides is 1. The van der Waals surface area contributed by atoms with E-state index in [2.05, 4.69) is 5.10 Å². The van der Waals surface area contributed by atoms with Gasteiger partial charge in [-0.2, -0.15) is 5.10 Å². The fraction of sp³-hybridized carbons (Fsp3) is 0.333. The molecule has 0 fully saturated rings. The Balaban J connectivity index is 2.11. The van der Waals surface area contributed by atoms with E-state index in [-0.39, 0.29) is 5.91 Å². The van der Waals surface area contributed by atoms with E-state index in [1.165, 1.54) is 10.9 Å². The van der Waals surface area contributed by atoms with Crippen LogP contribution in [0.4, 0.5) is 11.4 Å². The summed E-state index contributed by atoms with van der Waals surface area (Å²) in [7, 11) is 7.46. The summed E-state index contributed by atoms with van der Waals surface area (Å²) in [5.74, 6) is -0.135. The molecule has 6 nitrogen and oxygen atoms in total. The molecular weight excluding hydrogens is 266 g/mol. The number of nitrogen functional groups attached to an aromatic ring is 1. The van der Waals surface area contributed by atoms with Gasteiger partial charge in [-0.3, -0.25) is 9.48 Å². The Kier molecular flexibility index (Phi) is 4.16. The van der Waals surface area contributed by atoms with Crippen molar-refractivity contribution in [2.24, 2.45) is 7.05 Å². The molecule has 0 atom stereocenters. The number of hydrogen-bond acceptors (Lipinski definition) is 4. The summed E-state index contributed by atoms with van der Waals surface area (Å²) in [5, 5.41) is 4.00. The second kappa shape index (κ2) is 5.87. The molecule has 112 valence electrons. The molecule has 6 heteroatoms. The van der Waals surface area contributed by atoms with Crippen molar-refractivity contribution in [2.45, 2.75) is 6.54 Å². The molecule has 1 aromatic carbocycles. The molecule has 0 saturated carbocycles. The highest BCUT2D eigenvalue weighted by atomic mass is 16.2. The van der Waals surface area contributed by atoms with Gasteiger partial charge in [-0.1, -0.05) is 12.1 Å². The number of nitrogens with zero attached hydrogens (tertiary/aromatic N) is 4. The van der Waals surface area contributed by atoms with Gasteiger partial charge in [0.25, 0.3) is 5.91 Å². The summed E-state index contributed by atoms with van der Waals surface area (Å²) >= 11 is 0. The van der Waals surface area contributed by atoms with Crippen LogP contribution >= 0.6 is 0 Å². The first-order valence-corrected chi connectivity index (χ1v) is 6.69. The van der Waals surface area contributed by atoms with E-state index in [0.29, 0.717) is 17.9 Å². The van der Waals surface area contributed by atoms with Gasteiger partial charge in [-0.15, -0.1) is 0 Å². The van der Waals surface area contributed by atoms with Gasteiger partial charge >= 0.3 is 0 Å². The van der Waals surface area contributed by atoms with Crippen LogP contribution in [0.2, 0.25) is 0 Å². The van der Waals surface area contributed by atoms with Crippen LogP contribution in [-0.4, -0.2) is 41.7 Å². The van der Waals surface area contributed by atoms with Gasteiger partial charge in [0.2, 0.25) is 0 Å². The first-order chi connectivity index (χ1) is 9.90. The van der Waals surface area contributed by atoms with Gasteiger partial charge in [0, 0.05) is 40.4 Å². The SMILES string of the molecule is CN(Cc1ccc(N(C)C)cc1)C(=O)c1c(N)cnn1C. The maximum absolute atomic E-state index is 12.4. The third-order valence-electron chi connectivity index (χ3n) is 3.39. The largest absolute Gasteiger partial charge is 0.396 e. The molecule has 2 rings (SSSR count). The van der Waals surface area contributed by atoms with E-state index in [0.717, 1.165) is 11.3 Å². The molecule has 1 aromatic heterocycles. The maximum atomic E-state index is 12.4. The van der Waals surface area contributed by atoms with Crippen molar-refractivity contribution < 1.29 is 4.79 Å². The Bertz CT molecular complexity index is 611. The van der Waals surface area contributed by atoms with Crippen LogP contribution in [0.3, 0.4) is 0 Å². The molecule has 2 aromatic rings. The van der Waals surface area contributed by atoms with Crippen molar-refractivity contribution in [2.75, 3.05) is 31.8 Å². The zero-order chi connectivity index (χ0) is 15.6. The number of anilines is 2. The fourth-order valence-electron chi connectivity index (χ4n) is 2.14. The first kappa shape index (κ1) is 14.9. The molecule has 2 N–H and O–H groups in total. The minimum atomic E-state index is -0.135. The van der Waals surface area contributed by atoms with Crippen molar-refractivity contribution >= 4 is 17.3 Å². The van der Waals surface area contributed by atoms with Gasteiger partial charge in [-0.05, 0) is 17.7 Å². The van der Waals surface area contributed by atoms with Crippen molar-refractivity contribution in [3.05, 3.63) is 41.7 Å². The lowest BCUT2D eigenvalue weighted by Crippen LogP contribution is -2.28. The lowest BCUT2D eigenvalue weighted by Gasteiger charge is -2.18. The smallest absolute Gasteiger partial charge is 0.274 e. The first-order valence-electron chi connectivity index (χ1n) is 6.69. The van der Waals surface area contributed by atoms with Gasteiger partial charge in [0.05, 0.1) is 11.9 Å². The van der Waals surface area contributed by atoms with Crippen LogP contribution in [-0.2, 0) is 13.6 Å². The molecule has 0 aliphatic rings. The minimum absolute atomic E-state index is 0.135. The van der Waals surface area contributed by atoms with Crippen molar-refractivity contribution in [1.82, 2.24) is 14.7 Å². The average Bonchev–Trinajstić information content (AvgIpc) is 2.78. The van der Waals surface area contributed by atoms with E-state index in [1.807, 2.05) is 43.3 Å². The Labute approximate surface area is 124 Å². The van der Waals surface area contributed by atoms with Crippen molar-refractivity contribution in [3.63, 3.8) is 0 Å². The second-order valence-electron chi connectivity index (χ2n) is 5.29. The number of aryl methyl sites for hydroxylation is 1. The number of benzene rings is 1. The highest BCUT2D eigenvalue weighted by Crippen LogP contribution is 2.16. The lowest BCUT2D eigenvalue weighted by atomic mass is 10.2. The normalized spacial score (nSPS) is 10.5. The van der Waals surface area contributed by atoms with Crippen molar-refractivity contribution in [3.8, 4) is 0 Å². The van der Waals surface area contributed by atoms with Gasteiger partial charge in [0.15, 0.2) is 0 Å². The van der Waals surface area contributed by atoms with Crippen LogP contribution in [0.5, 0.6) is 0 Å². The van der Waals surface area contributed by atoms with E-state index in [4.69, 9.17) is 5.73 Å². The molecule has 0 saturated heterocycles. The summed E-state index contributed by atoms with van der Waals surface area (Å²) in [6.45, 7) is 0.525. The van der Waals surface area contributed by atoms with E-state index >= 15 is 0 Å². The van der Waals surface area contributed by atoms with Gasteiger partial charge in [0.1, 0.15) is 5.69 Å². The highest BCUT2D eigenvalue weighted by molar-refractivity contribution is 5.97. The predicted molar refractivity (Wildman–Crippen MR) is 84.2 cm³/mol. The molecular formula is C15H21N5O. The number of hydrogen-bond donors (Lipinski definition) is 1. The van der Waals surface area contributed by atoms with E-state index in [1.54, 1.807) is 19.0 Å². The Hall–Kier alpha value is -2.50. The molecule has 0 bridgehead atoms. The fourth-order valence-corrected chi connectivity index (χ4v) is 2.14. The standard InChI is InChI=1S/C15H21N5O/c1-18(2)12-7-5-11(6-8-12)10-19(3)15(21)14-13(16)9-17-20(14)4/h5-9H,10,16H2,1-4H3. The zero-order valence-electron chi connectivity index (χ0n) is 12.9. The van der Waals surface area contributed by atoms with E-state index < -0.39 is 0 Å². The van der Waals surface area contributed by atoms with Crippen molar-refractivity contribution in [1.29, 1.82) is 0 Å².